The molecule has 0 rings (SSSR count). The zero-order valence-corrected chi connectivity index (χ0v) is 13.6. The fourth-order valence-electron chi connectivity index (χ4n) is 0.573. The van der Waals surface area contributed by atoms with E-state index in [0.717, 1.165) is 29.7 Å². The van der Waals surface area contributed by atoms with Crippen LogP contribution in [0.5, 0.6) is 0 Å². The van der Waals surface area contributed by atoms with Crippen LogP contribution in [0.15, 0.2) is 0 Å². The summed E-state index contributed by atoms with van der Waals surface area (Å²) < 4.78 is 0.898. The molecule has 0 aromatic rings. The monoisotopic (exact) mass is 332 g/mol. The van der Waals surface area contributed by atoms with Crippen LogP contribution in [0, 0.1) is 0 Å². The Balaban J connectivity index is 0. The molecule has 2 heteroatoms. The molecule has 1 unspecified atom stereocenters. The summed E-state index contributed by atoms with van der Waals surface area (Å²) in [5, 5.41) is 0. The Morgan fingerprint density at radius 2 is 1.80 bits per heavy atom. The molecular weight excluding hydrogens is 311 g/mol. The predicted molar refractivity (Wildman–Crippen MR) is 43.7 cm³/mol. The Morgan fingerprint density at radius 1 is 1.40 bits per heavy atom. The molecule has 0 bridgehead atoms. The van der Waals surface area contributed by atoms with E-state index >= 15 is 0 Å². The fourth-order valence-corrected chi connectivity index (χ4v) is 1.28. The van der Waals surface area contributed by atoms with Crippen molar-refractivity contribution in [2.75, 3.05) is 13.6 Å². The standard InChI is InChI=1S/C6H14N.C2H6.Hg/c1-4-6-7(3)5-2;1-2;/h5H,4,6H2,1-3H3;1-2H3;. The van der Waals surface area contributed by atoms with Gasteiger partial charge in [0.2, 0.25) is 0 Å². The molecule has 0 fully saturated rings. The molecular formula is C8H20HgN. The molecule has 0 N–H and O–H groups in total. The molecule has 0 heterocycles. The van der Waals surface area contributed by atoms with Gasteiger partial charge in [0.05, 0.1) is 0 Å². The van der Waals surface area contributed by atoms with E-state index in [9.17, 15) is 0 Å². The number of nitrogens with zero attached hydrogens (tertiary/aromatic N) is 1. The molecule has 0 aliphatic carbocycles. The quantitative estimate of drug-likeness (QED) is 0.717. The zero-order valence-electron chi connectivity index (χ0n) is 8.15. The third kappa shape index (κ3) is 8.90. The fraction of sp³-hybridized carbons (Fsp3) is 1.00. The predicted octanol–water partition coefficient (Wildman–Crippen LogP) is 2.25. The summed E-state index contributed by atoms with van der Waals surface area (Å²) in [6.07, 6.45) is 1.29. The molecule has 1 atom stereocenters. The summed E-state index contributed by atoms with van der Waals surface area (Å²) in [6, 6.07) is 0. The first-order chi connectivity index (χ1) is 4.68. The Hall–Kier alpha value is 0.895. The molecule has 59 valence electrons. The first-order valence-electron chi connectivity index (χ1n) is 4.21. The summed E-state index contributed by atoms with van der Waals surface area (Å²) >= 11 is 0.923. The number of hydrogen-bond donors (Lipinski definition) is 0. The summed E-state index contributed by atoms with van der Waals surface area (Å²) in [4.78, 5) is 2.43. The molecule has 0 saturated carbocycles. The van der Waals surface area contributed by atoms with Gasteiger partial charge in [0, 0.05) is 0 Å². The topological polar surface area (TPSA) is 3.24 Å². The minimum absolute atomic E-state index is 0.898. The Kier molecular flexibility index (Phi) is 13.3. The van der Waals surface area contributed by atoms with Crippen molar-refractivity contribution in [2.24, 2.45) is 0 Å². The van der Waals surface area contributed by atoms with Gasteiger partial charge in [0.15, 0.2) is 0 Å². The van der Waals surface area contributed by atoms with Gasteiger partial charge in [-0.3, -0.25) is 0 Å². The maximum absolute atomic E-state index is 2.43. The van der Waals surface area contributed by atoms with Gasteiger partial charge in [0.1, 0.15) is 0 Å². The van der Waals surface area contributed by atoms with Crippen molar-refractivity contribution in [3.8, 4) is 0 Å². The summed E-state index contributed by atoms with van der Waals surface area (Å²) in [5.74, 6) is 0. The summed E-state index contributed by atoms with van der Waals surface area (Å²) in [6.45, 7) is 9.80. The number of hydrogen-bond acceptors (Lipinski definition) is 1. The molecule has 10 heavy (non-hydrogen) atoms. The Bertz CT molecular complexity index is 55.2. The van der Waals surface area contributed by atoms with Crippen LogP contribution in [0.1, 0.15) is 34.1 Å². The third-order valence-corrected chi connectivity index (χ3v) is 3.75. The van der Waals surface area contributed by atoms with Gasteiger partial charge in [-0.05, 0) is 0 Å². The van der Waals surface area contributed by atoms with Crippen LogP contribution in [-0.2, 0) is 26.1 Å². The molecule has 0 aliphatic heterocycles. The third-order valence-electron chi connectivity index (χ3n) is 1.33. The van der Waals surface area contributed by atoms with E-state index in [2.05, 4.69) is 25.8 Å². The van der Waals surface area contributed by atoms with Crippen molar-refractivity contribution in [1.82, 2.24) is 4.90 Å². The molecule has 0 saturated heterocycles. The van der Waals surface area contributed by atoms with Crippen LogP contribution in [-0.4, -0.2) is 22.0 Å². The van der Waals surface area contributed by atoms with Crippen LogP contribution in [0.4, 0.5) is 0 Å². The molecule has 0 amide bonds. The van der Waals surface area contributed by atoms with Crippen molar-refractivity contribution in [1.29, 1.82) is 0 Å². The van der Waals surface area contributed by atoms with Gasteiger partial charge in [0.25, 0.3) is 0 Å². The summed E-state index contributed by atoms with van der Waals surface area (Å²) in [5.41, 5.74) is 0. The van der Waals surface area contributed by atoms with E-state index in [1.54, 1.807) is 0 Å². The van der Waals surface area contributed by atoms with E-state index in [1.807, 2.05) is 13.8 Å². The molecule has 0 aromatic carbocycles. The van der Waals surface area contributed by atoms with Crippen molar-refractivity contribution >= 4 is 0 Å². The van der Waals surface area contributed by atoms with Crippen LogP contribution in [0.25, 0.3) is 0 Å². The average Bonchev–Trinajstić information content (AvgIpc) is 1.93. The van der Waals surface area contributed by atoms with Gasteiger partial charge in [-0.15, -0.1) is 0 Å². The zero-order chi connectivity index (χ0) is 8.57. The van der Waals surface area contributed by atoms with Crippen LogP contribution in [0.3, 0.4) is 0 Å². The molecule has 0 radical (unpaired) electrons. The Labute approximate surface area is 82.1 Å². The molecule has 0 aliphatic rings. The first-order valence-corrected chi connectivity index (χ1v) is 7.39. The van der Waals surface area contributed by atoms with E-state index in [0.29, 0.717) is 0 Å². The second kappa shape index (κ2) is 9.90. The van der Waals surface area contributed by atoms with Crippen LogP contribution in [0.2, 0.25) is 0 Å². The van der Waals surface area contributed by atoms with Gasteiger partial charge >= 0.3 is 68.4 Å². The van der Waals surface area contributed by atoms with Crippen LogP contribution >= 0.6 is 0 Å². The van der Waals surface area contributed by atoms with Gasteiger partial charge in [-0.25, -0.2) is 0 Å². The molecule has 0 aromatic heterocycles. The first kappa shape index (κ1) is 13.5. The molecule has 1 nitrogen and oxygen atoms in total. The van der Waals surface area contributed by atoms with Crippen molar-refractivity contribution < 1.29 is 26.1 Å². The summed E-state index contributed by atoms with van der Waals surface area (Å²) in [7, 11) is 2.21. The Morgan fingerprint density at radius 3 is 1.90 bits per heavy atom. The van der Waals surface area contributed by atoms with Crippen molar-refractivity contribution in [2.45, 2.75) is 37.7 Å². The van der Waals surface area contributed by atoms with Gasteiger partial charge in [-0.1, -0.05) is 13.8 Å². The second-order valence-electron chi connectivity index (χ2n) is 2.33. The molecule has 0 spiro atoms. The van der Waals surface area contributed by atoms with Gasteiger partial charge in [-0.2, -0.15) is 0 Å². The van der Waals surface area contributed by atoms with Crippen molar-refractivity contribution in [3.63, 3.8) is 0 Å². The number of rotatable bonds is 3. The van der Waals surface area contributed by atoms with E-state index in [4.69, 9.17) is 0 Å². The SMILES string of the molecule is CC.CCCN(C)[CH](C)[Hg]. The van der Waals surface area contributed by atoms with E-state index < -0.39 is 0 Å². The normalized spacial score (nSPS) is 12.4. The minimum atomic E-state index is 0.898. The van der Waals surface area contributed by atoms with Crippen molar-refractivity contribution in [3.05, 3.63) is 0 Å². The van der Waals surface area contributed by atoms with Crippen LogP contribution < -0.4 is 0 Å². The average molecular weight is 331 g/mol. The second-order valence-corrected chi connectivity index (χ2v) is 6.92. The van der Waals surface area contributed by atoms with E-state index in [-0.39, 0.29) is 0 Å². The van der Waals surface area contributed by atoms with Gasteiger partial charge < -0.3 is 0 Å². The maximum atomic E-state index is 2.43. The van der Waals surface area contributed by atoms with E-state index in [1.165, 1.54) is 13.0 Å².